The molecule has 0 aromatic heterocycles. The van der Waals surface area contributed by atoms with Crippen LogP contribution in [-0.2, 0) is 0 Å². The molecule has 2 atom stereocenters. The van der Waals surface area contributed by atoms with Crippen molar-refractivity contribution in [1.82, 2.24) is 0 Å². The van der Waals surface area contributed by atoms with Crippen molar-refractivity contribution in [2.45, 2.75) is 45.1 Å². The number of benzene rings is 1. The van der Waals surface area contributed by atoms with E-state index in [0.717, 1.165) is 17.4 Å². The lowest BCUT2D eigenvalue weighted by Gasteiger charge is -2.24. The minimum atomic E-state index is 0.570. The summed E-state index contributed by atoms with van der Waals surface area (Å²) in [5.41, 5.74) is 7.64. The minimum Gasteiger partial charge on any atom is -0.495 e. The summed E-state index contributed by atoms with van der Waals surface area (Å²) in [6.07, 6.45) is 6.64. The number of ether oxygens (including phenoxy) is 1. The summed E-state index contributed by atoms with van der Waals surface area (Å²) in [5, 5.41) is 3.64. The smallest absolute Gasteiger partial charge is 0.143 e. The van der Waals surface area contributed by atoms with Crippen LogP contribution < -0.4 is 15.8 Å². The first-order chi connectivity index (χ1) is 8.70. The molecule has 0 spiro atoms. The summed E-state index contributed by atoms with van der Waals surface area (Å²) in [4.78, 5) is 0. The van der Waals surface area contributed by atoms with E-state index < -0.39 is 0 Å². The Hall–Kier alpha value is -1.38. The number of methoxy groups -OCH3 is 1. The van der Waals surface area contributed by atoms with Crippen molar-refractivity contribution in [2.75, 3.05) is 18.2 Å². The minimum absolute atomic E-state index is 0.570. The molecule has 18 heavy (non-hydrogen) atoms. The third kappa shape index (κ3) is 3.09. The quantitative estimate of drug-likeness (QED) is 0.634. The SMILES string of the molecule is COc1cc(NC2CCCCCC2C)ccc1N. The zero-order valence-corrected chi connectivity index (χ0v) is 11.4. The summed E-state index contributed by atoms with van der Waals surface area (Å²) >= 11 is 0. The van der Waals surface area contributed by atoms with E-state index in [1.165, 1.54) is 32.1 Å². The largest absolute Gasteiger partial charge is 0.495 e. The molecule has 1 aliphatic carbocycles. The van der Waals surface area contributed by atoms with Gasteiger partial charge in [-0.05, 0) is 30.9 Å². The molecular formula is C15H24N2O. The van der Waals surface area contributed by atoms with Gasteiger partial charge in [0.05, 0.1) is 12.8 Å². The Bertz CT molecular complexity index is 392. The predicted octanol–water partition coefficient (Wildman–Crippen LogP) is 3.66. The van der Waals surface area contributed by atoms with E-state index in [-0.39, 0.29) is 0 Å². The molecule has 0 heterocycles. The molecule has 2 rings (SSSR count). The Balaban J connectivity index is 2.07. The highest BCUT2D eigenvalue weighted by molar-refractivity contribution is 5.61. The van der Waals surface area contributed by atoms with Crippen LogP contribution in [0.15, 0.2) is 18.2 Å². The van der Waals surface area contributed by atoms with Crippen molar-refractivity contribution in [3.63, 3.8) is 0 Å². The first kappa shape index (κ1) is 13.1. The van der Waals surface area contributed by atoms with Crippen molar-refractivity contribution >= 4 is 11.4 Å². The van der Waals surface area contributed by atoms with Crippen LogP contribution in [0.3, 0.4) is 0 Å². The zero-order chi connectivity index (χ0) is 13.0. The maximum absolute atomic E-state index is 5.83. The van der Waals surface area contributed by atoms with Gasteiger partial charge in [0, 0.05) is 17.8 Å². The highest BCUT2D eigenvalue weighted by atomic mass is 16.5. The van der Waals surface area contributed by atoms with Gasteiger partial charge >= 0.3 is 0 Å². The number of nitrogens with one attached hydrogen (secondary N) is 1. The summed E-state index contributed by atoms with van der Waals surface area (Å²) in [5.74, 6) is 1.48. The second-order valence-corrected chi connectivity index (χ2v) is 5.32. The molecule has 1 aliphatic rings. The lowest BCUT2D eigenvalue weighted by molar-refractivity contribution is 0.416. The molecule has 0 bridgehead atoms. The molecule has 1 aromatic rings. The molecule has 0 radical (unpaired) electrons. The number of anilines is 2. The van der Waals surface area contributed by atoms with Crippen LogP contribution in [0.4, 0.5) is 11.4 Å². The van der Waals surface area contributed by atoms with Crippen molar-refractivity contribution in [2.24, 2.45) is 5.92 Å². The number of rotatable bonds is 3. The molecule has 0 aliphatic heterocycles. The predicted molar refractivity (Wildman–Crippen MR) is 77.1 cm³/mol. The summed E-state index contributed by atoms with van der Waals surface area (Å²) in [6.45, 7) is 2.34. The van der Waals surface area contributed by atoms with Crippen LogP contribution in [0, 0.1) is 5.92 Å². The van der Waals surface area contributed by atoms with E-state index in [2.05, 4.69) is 12.2 Å². The molecule has 3 heteroatoms. The maximum atomic E-state index is 5.83. The molecule has 0 amide bonds. The fourth-order valence-corrected chi connectivity index (χ4v) is 2.72. The zero-order valence-electron chi connectivity index (χ0n) is 11.4. The molecule has 3 nitrogen and oxygen atoms in total. The standard InChI is InChI=1S/C15H24N2O/c1-11-6-4-3-5-7-14(11)17-12-8-9-13(16)15(10-12)18-2/h8-11,14,17H,3-7,16H2,1-2H3. The van der Waals surface area contributed by atoms with Crippen molar-refractivity contribution in [3.8, 4) is 5.75 Å². The van der Waals surface area contributed by atoms with E-state index in [0.29, 0.717) is 11.7 Å². The van der Waals surface area contributed by atoms with E-state index >= 15 is 0 Å². The van der Waals surface area contributed by atoms with Gasteiger partial charge in [-0.15, -0.1) is 0 Å². The van der Waals surface area contributed by atoms with Crippen LogP contribution in [-0.4, -0.2) is 13.2 Å². The van der Waals surface area contributed by atoms with E-state index in [1.54, 1.807) is 7.11 Å². The Morgan fingerprint density at radius 2 is 2.00 bits per heavy atom. The van der Waals surface area contributed by atoms with Gasteiger partial charge in [-0.2, -0.15) is 0 Å². The number of hydrogen-bond acceptors (Lipinski definition) is 3. The fourth-order valence-electron chi connectivity index (χ4n) is 2.72. The van der Waals surface area contributed by atoms with E-state index in [1.807, 2.05) is 18.2 Å². The number of nitrogen functional groups attached to an aromatic ring is 1. The molecule has 0 saturated heterocycles. The Labute approximate surface area is 110 Å². The monoisotopic (exact) mass is 248 g/mol. The van der Waals surface area contributed by atoms with Crippen LogP contribution in [0.25, 0.3) is 0 Å². The van der Waals surface area contributed by atoms with E-state index in [4.69, 9.17) is 10.5 Å². The lowest BCUT2D eigenvalue weighted by Crippen LogP contribution is -2.26. The average Bonchev–Trinajstić information content (AvgIpc) is 2.57. The lowest BCUT2D eigenvalue weighted by atomic mass is 9.96. The van der Waals surface area contributed by atoms with Crippen LogP contribution in [0.1, 0.15) is 39.0 Å². The molecular weight excluding hydrogens is 224 g/mol. The molecule has 100 valence electrons. The van der Waals surface area contributed by atoms with Crippen LogP contribution in [0.2, 0.25) is 0 Å². The third-order valence-electron chi connectivity index (χ3n) is 3.95. The van der Waals surface area contributed by atoms with Gasteiger partial charge in [0.1, 0.15) is 5.75 Å². The van der Waals surface area contributed by atoms with Crippen molar-refractivity contribution < 1.29 is 4.74 Å². The van der Waals surface area contributed by atoms with Crippen molar-refractivity contribution in [3.05, 3.63) is 18.2 Å². The van der Waals surface area contributed by atoms with Gasteiger partial charge in [0.25, 0.3) is 0 Å². The summed E-state index contributed by atoms with van der Waals surface area (Å²) in [6, 6.07) is 6.51. The summed E-state index contributed by atoms with van der Waals surface area (Å²) < 4.78 is 5.26. The van der Waals surface area contributed by atoms with Gasteiger partial charge in [-0.1, -0.05) is 26.2 Å². The second kappa shape index (κ2) is 5.98. The average molecular weight is 248 g/mol. The Morgan fingerprint density at radius 1 is 1.22 bits per heavy atom. The first-order valence-electron chi connectivity index (χ1n) is 6.90. The maximum Gasteiger partial charge on any atom is 0.143 e. The highest BCUT2D eigenvalue weighted by Gasteiger charge is 2.19. The Morgan fingerprint density at radius 3 is 2.78 bits per heavy atom. The molecule has 1 aromatic carbocycles. The van der Waals surface area contributed by atoms with E-state index in [9.17, 15) is 0 Å². The number of hydrogen-bond donors (Lipinski definition) is 2. The van der Waals surface area contributed by atoms with Crippen LogP contribution >= 0.6 is 0 Å². The van der Waals surface area contributed by atoms with Gasteiger partial charge in [-0.25, -0.2) is 0 Å². The second-order valence-electron chi connectivity index (χ2n) is 5.32. The normalized spacial score (nSPS) is 24.3. The topological polar surface area (TPSA) is 47.3 Å². The number of nitrogens with two attached hydrogens (primary N) is 1. The van der Waals surface area contributed by atoms with Crippen LogP contribution in [0.5, 0.6) is 5.75 Å². The Kier molecular flexibility index (Phi) is 4.34. The first-order valence-corrected chi connectivity index (χ1v) is 6.90. The molecule has 1 saturated carbocycles. The third-order valence-corrected chi connectivity index (χ3v) is 3.95. The highest BCUT2D eigenvalue weighted by Crippen LogP contribution is 2.29. The van der Waals surface area contributed by atoms with Gasteiger partial charge < -0.3 is 15.8 Å². The summed E-state index contributed by atoms with van der Waals surface area (Å²) in [7, 11) is 1.66. The van der Waals surface area contributed by atoms with Crippen molar-refractivity contribution in [1.29, 1.82) is 0 Å². The van der Waals surface area contributed by atoms with Gasteiger partial charge in [0.2, 0.25) is 0 Å². The molecule has 1 fully saturated rings. The van der Waals surface area contributed by atoms with Gasteiger partial charge in [-0.3, -0.25) is 0 Å². The molecule has 2 unspecified atom stereocenters. The molecule has 3 N–H and O–H groups in total. The van der Waals surface area contributed by atoms with Gasteiger partial charge in [0.15, 0.2) is 0 Å². The fraction of sp³-hybridized carbons (Fsp3) is 0.600.